The SMILES string of the molecule is Cc1cc(CN(C)CCS(=O)(=O)OC(C)C)c(OCc2ccc(F)cc2F)cc1OCc1cccc(-c2ccc3c(c2)OCCO3)c1C. The second-order valence-electron chi connectivity index (χ2n) is 12.1. The van der Waals surface area contributed by atoms with Gasteiger partial charge in [0.1, 0.15) is 49.6 Å². The highest BCUT2D eigenvalue weighted by Crippen LogP contribution is 2.37. The van der Waals surface area contributed by atoms with E-state index in [1.54, 1.807) is 27.0 Å². The molecule has 48 heavy (non-hydrogen) atoms. The van der Waals surface area contributed by atoms with E-state index in [9.17, 15) is 17.2 Å². The minimum atomic E-state index is -3.69. The molecule has 256 valence electrons. The number of fused-ring (bicyclic) bond motifs is 1. The Balaban J connectivity index is 1.36. The number of benzene rings is 4. The molecule has 0 radical (unpaired) electrons. The molecule has 0 unspecified atom stereocenters. The molecule has 0 saturated carbocycles. The summed E-state index contributed by atoms with van der Waals surface area (Å²) in [5.74, 6) is 0.915. The Hall–Kier alpha value is -4.19. The first-order valence-corrected chi connectivity index (χ1v) is 17.4. The summed E-state index contributed by atoms with van der Waals surface area (Å²) in [6.07, 6.45) is -0.443. The van der Waals surface area contributed by atoms with Gasteiger partial charge in [-0.05, 0) is 92.9 Å². The van der Waals surface area contributed by atoms with Crippen LogP contribution in [0.15, 0.2) is 66.7 Å². The van der Waals surface area contributed by atoms with Gasteiger partial charge in [-0.15, -0.1) is 0 Å². The van der Waals surface area contributed by atoms with Crippen molar-refractivity contribution in [3.8, 4) is 34.1 Å². The van der Waals surface area contributed by atoms with Crippen molar-refractivity contribution in [1.29, 1.82) is 0 Å². The molecular weight excluding hydrogens is 640 g/mol. The van der Waals surface area contributed by atoms with Gasteiger partial charge < -0.3 is 23.8 Å². The van der Waals surface area contributed by atoms with E-state index >= 15 is 0 Å². The van der Waals surface area contributed by atoms with Crippen molar-refractivity contribution in [2.45, 2.75) is 53.6 Å². The Morgan fingerprint density at radius 1 is 0.833 bits per heavy atom. The summed E-state index contributed by atoms with van der Waals surface area (Å²) in [7, 11) is -1.89. The highest BCUT2D eigenvalue weighted by molar-refractivity contribution is 7.86. The van der Waals surface area contributed by atoms with E-state index in [1.165, 1.54) is 12.1 Å². The Bertz CT molecular complexity index is 1860. The topological polar surface area (TPSA) is 83.5 Å². The molecule has 11 heteroatoms. The van der Waals surface area contributed by atoms with Crippen LogP contribution in [0.25, 0.3) is 11.1 Å². The molecule has 4 aromatic carbocycles. The van der Waals surface area contributed by atoms with Gasteiger partial charge in [0, 0.05) is 36.3 Å². The van der Waals surface area contributed by atoms with Crippen LogP contribution in [0.2, 0.25) is 0 Å². The molecule has 0 spiro atoms. The lowest BCUT2D eigenvalue weighted by molar-refractivity contribution is 0.171. The predicted octanol–water partition coefficient (Wildman–Crippen LogP) is 7.36. The number of nitrogens with zero attached hydrogens (tertiary/aromatic N) is 1. The van der Waals surface area contributed by atoms with Crippen LogP contribution in [0.3, 0.4) is 0 Å². The molecule has 1 heterocycles. The average Bonchev–Trinajstić information content (AvgIpc) is 3.03. The maximum absolute atomic E-state index is 14.5. The third-order valence-corrected chi connectivity index (χ3v) is 9.30. The molecule has 1 aliphatic rings. The van der Waals surface area contributed by atoms with E-state index in [-0.39, 0.29) is 31.1 Å². The molecule has 0 aromatic heterocycles. The summed E-state index contributed by atoms with van der Waals surface area (Å²) in [5.41, 5.74) is 5.90. The van der Waals surface area contributed by atoms with Gasteiger partial charge in [-0.1, -0.05) is 24.3 Å². The van der Waals surface area contributed by atoms with E-state index in [1.807, 2.05) is 48.2 Å². The zero-order valence-electron chi connectivity index (χ0n) is 27.8. The van der Waals surface area contributed by atoms with Crippen molar-refractivity contribution in [1.82, 2.24) is 4.90 Å². The van der Waals surface area contributed by atoms with Crippen LogP contribution in [0, 0.1) is 25.5 Å². The second-order valence-corrected chi connectivity index (χ2v) is 13.8. The predicted molar refractivity (Wildman–Crippen MR) is 180 cm³/mol. The number of halogens is 2. The summed E-state index contributed by atoms with van der Waals surface area (Å²) < 4.78 is 81.5. The van der Waals surface area contributed by atoms with Crippen molar-refractivity contribution < 1.29 is 40.3 Å². The monoisotopic (exact) mass is 681 g/mol. The van der Waals surface area contributed by atoms with Gasteiger partial charge in [0.2, 0.25) is 0 Å². The number of hydrogen-bond acceptors (Lipinski definition) is 8. The number of aryl methyl sites for hydroxylation is 1. The Kier molecular flexibility index (Phi) is 11.2. The third-order valence-electron chi connectivity index (χ3n) is 7.94. The molecule has 1 aliphatic heterocycles. The minimum Gasteiger partial charge on any atom is -0.488 e. The standard InChI is InChI=1S/C37H41F2NO7S/c1-24(2)47-48(41,42)16-13-40(5)21-30-17-25(3)35(20-36(30)46-23-29-9-11-31(38)19-33(29)39)45-22-28-7-6-8-32(26(28)4)27-10-12-34-37(18-27)44-15-14-43-34/h6-12,17-20,24H,13-16,21-23H2,1-5H3. The highest BCUT2D eigenvalue weighted by Gasteiger charge is 2.19. The molecule has 0 amide bonds. The van der Waals surface area contributed by atoms with Crippen LogP contribution in [0.1, 0.15) is 41.7 Å². The van der Waals surface area contributed by atoms with Crippen molar-refractivity contribution in [3.05, 3.63) is 106 Å². The molecule has 0 N–H and O–H groups in total. The quantitative estimate of drug-likeness (QED) is 0.128. The van der Waals surface area contributed by atoms with Gasteiger partial charge in [-0.3, -0.25) is 4.18 Å². The van der Waals surface area contributed by atoms with Crippen LogP contribution in [0.4, 0.5) is 8.78 Å². The van der Waals surface area contributed by atoms with Crippen molar-refractivity contribution in [3.63, 3.8) is 0 Å². The Morgan fingerprint density at radius 2 is 1.56 bits per heavy atom. The van der Waals surface area contributed by atoms with Gasteiger partial charge in [0.15, 0.2) is 11.5 Å². The van der Waals surface area contributed by atoms with Gasteiger partial charge >= 0.3 is 0 Å². The summed E-state index contributed by atoms with van der Waals surface area (Å²) in [6, 6.07) is 19.0. The fourth-order valence-electron chi connectivity index (χ4n) is 5.43. The fraction of sp³-hybridized carbons (Fsp3) is 0.351. The highest BCUT2D eigenvalue weighted by atomic mass is 32.2. The van der Waals surface area contributed by atoms with Gasteiger partial charge in [0.25, 0.3) is 10.1 Å². The van der Waals surface area contributed by atoms with Gasteiger partial charge in [0.05, 0.1) is 11.9 Å². The number of rotatable bonds is 14. The second kappa shape index (κ2) is 15.4. The molecule has 0 aliphatic carbocycles. The largest absolute Gasteiger partial charge is 0.488 e. The van der Waals surface area contributed by atoms with E-state index in [0.717, 1.165) is 50.9 Å². The van der Waals surface area contributed by atoms with E-state index < -0.39 is 27.9 Å². The number of ether oxygens (including phenoxy) is 4. The van der Waals surface area contributed by atoms with Crippen LogP contribution < -0.4 is 18.9 Å². The minimum absolute atomic E-state index is 0.140. The third kappa shape index (κ3) is 9.03. The Morgan fingerprint density at radius 3 is 2.31 bits per heavy atom. The van der Waals surface area contributed by atoms with Gasteiger partial charge in [-0.2, -0.15) is 8.42 Å². The maximum atomic E-state index is 14.5. The van der Waals surface area contributed by atoms with Crippen molar-refractivity contribution >= 4 is 10.1 Å². The van der Waals surface area contributed by atoms with Crippen LogP contribution in [-0.4, -0.2) is 52.0 Å². The summed E-state index contributed by atoms with van der Waals surface area (Å²) in [4.78, 5) is 1.84. The molecule has 0 atom stereocenters. The van der Waals surface area contributed by atoms with E-state index in [4.69, 9.17) is 23.1 Å². The van der Waals surface area contributed by atoms with Crippen LogP contribution >= 0.6 is 0 Å². The van der Waals surface area contributed by atoms with Crippen molar-refractivity contribution in [2.75, 3.05) is 32.6 Å². The summed E-state index contributed by atoms with van der Waals surface area (Å²) >= 11 is 0. The first kappa shape index (κ1) is 35.1. The van der Waals surface area contributed by atoms with E-state index in [2.05, 4.69) is 13.0 Å². The van der Waals surface area contributed by atoms with Crippen LogP contribution in [0.5, 0.6) is 23.0 Å². The lowest BCUT2D eigenvalue weighted by atomic mass is 9.96. The molecular formula is C37H41F2NO7S. The first-order chi connectivity index (χ1) is 22.9. The Labute approximate surface area is 281 Å². The lowest BCUT2D eigenvalue weighted by Gasteiger charge is -2.22. The molecule has 0 saturated heterocycles. The first-order valence-electron chi connectivity index (χ1n) is 15.8. The summed E-state index contributed by atoms with van der Waals surface area (Å²) in [5, 5.41) is 0. The zero-order valence-corrected chi connectivity index (χ0v) is 28.7. The van der Waals surface area contributed by atoms with E-state index in [0.29, 0.717) is 31.3 Å². The van der Waals surface area contributed by atoms with Gasteiger partial charge in [-0.25, -0.2) is 8.78 Å². The zero-order chi connectivity index (χ0) is 34.4. The fourth-order valence-corrected chi connectivity index (χ4v) is 6.65. The molecule has 0 bridgehead atoms. The normalized spacial score (nSPS) is 12.9. The summed E-state index contributed by atoms with van der Waals surface area (Å²) in [6.45, 7) is 9.05. The van der Waals surface area contributed by atoms with Crippen LogP contribution in [-0.2, 0) is 34.1 Å². The average molecular weight is 682 g/mol. The number of hydrogen-bond donors (Lipinski definition) is 0. The molecule has 5 rings (SSSR count). The molecule has 8 nitrogen and oxygen atoms in total. The lowest BCUT2D eigenvalue weighted by Crippen LogP contribution is -2.27. The maximum Gasteiger partial charge on any atom is 0.268 e. The van der Waals surface area contributed by atoms with Crippen molar-refractivity contribution in [2.24, 2.45) is 0 Å². The molecule has 4 aromatic rings. The molecule has 0 fully saturated rings. The smallest absolute Gasteiger partial charge is 0.268 e.